The molecular formula is C17H34N2. The summed E-state index contributed by atoms with van der Waals surface area (Å²) in [7, 11) is 2.15. The fraction of sp³-hybridized carbons (Fsp3) is 1.00. The van der Waals surface area contributed by atoms with Crippen molar-refractivity contribution >= 4 is 0 Å². The number of hydrogen-bond donors (Lipinski definition) is 1. The van der Waals surface area contributed by atoms with Crippen molar-refractivity contribution in [1.82, 2.24) is 10.2 Å². The van der Waals surface area contributed by atoms with Crippen molar-refractivity contribution in [3.05, 3.63) is 0 Å². The molecule has 112 valence electrons. The van der Waals surface area contributed by atoms with E-state index in [9.17, 15) is 0 Å². The Hall–Kier alpha value is -0.0800. The maximum Gasteiger partial charge on any atom is 0.0104 e. The van der Waals surface area contributed by atoms with E-state index in [4.69, 9.17) is 0 Å². The first kappa shape index (κ1) is 15.3. The lowest BCUT2D eigenvalue weighted by molar-refractivity contribution is 0.0730. The molecule has 2 atom stereocenters. The summed E-state index contributed by atoms with van der Waals surface area (Å²) in [5, 5.41) is 3.56. The first-order chi connectivity index (χ1) is 9.23. The number of likely N-dealkylation sites (tertiary alicyclic amines) is 1. The Bertz CT molecular complexity index is 250. The molecule has 2 heteroatoms. The van der Waals surface area contributed by atoms with Crippen LogP contribution in [-0.4, -0.2) is 37.6 Å². The molecule has 0 aromatic heterocycles. The SMILES string of the molecule is CCC1(CC)CCN(CC2CCCCC2NC)CC1. The van der Waals surface area contributed by atoms with Crippen LogP contribution in [0.5, 0.6) is 0 Å². The van der Waals surface area contributed by atoms with E-state index in [2.05, 4.69) is 31.1 Å². The smallest absolute Gasteiger partial charge is 0.0104 e. The van der Waals surface area contributed by atoms with E-state index in [1.165, 1.54) is 71.0 Å². The van der Waals surface area contributed by atoms with Gasteiger partial charge in [0.25, 0.3) is 0 Å². The molecule has 2 aliphatic rings. The van der Waals surface area contributed by atoms with Crippen LogP contribution in [0.25, 0.3) is 0 Å². The van der Waals surface area contributed by atoms with E-state index in [1.807, 2.05) is 0 Å². The minimum atomic E-state index is 0.672. The summed E-state index contributed by atoms with van der Waals surface area (Å²) < 4.78 is 0. The Labute approximate surface area is 120 Å². The van der Waals surface area contributed by atoms with Crippen LogP contribution < -0.4 is 5.32 Å². The number of piperidine rings is 1. The number of hydrogen-bond acceptors (Lipinski definition) is 2. The molecule has 2 nitrogen and oxygen atoms in total. The molecule has 0 bridgehead atoms. The second kappa shape index (κ2) is 7.08. The number of nitrogens with zero attached hydrogens (tertiary/aromatic N) is 1. The molecule has 0 radical (unpaired) electrons. The summed E-state index contributed by atoms with van der Waals surface area (Å²) in [6.07, 6.45) is 11.3. The summed E-state index contributed by atoms with van der Waals surface area (Å²) in [6, 6.07) is 0.776. The van der Waals surface area contributed by atoms with Gasteiger partial charge in [0, 0.05) is 12.6 Å². The van der Waals surface area contributed by atoms with Gasteiger partial charge in [-0.05, 0) is 57.2 Å². The van der Waals surface area contributed by atoms with Crippen molar-refractivity contribution < 1.29 is 0 Å². The average molecular weight is 266 g/mol. The van der Waals surface area contributed by atoms with Crippen molar-refractivity contribution in [2.24, 2.45) is 11.3 Å². The van der Waals surface area contributed by atoms with E-state index >= 15 is 0 Å². The van der Waals surface area contributed by atoms with Gasteiger partial charge < -0.3 is 10.2 Å². The normalized spacial score (nSPS) is 32.4. The van der Waals surface area contributed by atoms with Crippen molar-refractivity contribution in [2.75, 3.05) is 26.7 Å². The summed E-state index contributed by atoms with van der Waals surface area (Å²) in [5.41, 5.74) is 0.672. The molecule has 0 aromatic rings. The molecule has 1 saturated heterocycles. The lowest BCUT2D eigenvalue weighted by atomic mass is 9.74. The van der Waals surface area contributed by atoms with Crippen LogP contribution in [0.3, 0.4) is 0 Å². The van der Waals surface area contributed by atoms with Gasteiger partial charge in [-0.1, -0.05) is 39.5 Å². The van der Waals surface area contributed by atoms with Crippen molar-refractivity contribution in [3.8, 4) is 0 Å². The number of nitrogens with one attached hydrogen (secondary N) is 1. The summed E-state index contributed by atoms with van der Waals surface area (Å²) in [4.78, 5) is 2.75. The van der Waals surface area contributed by atoms with Crippen LogP contribution in [-0.2, 0) is 0 Å². The fourth-order valence-corrected chi connectivity index (χ4v) is 4.30. The Morgan fingerprint density at radius 2 is 1.68 bits per heavy atom. The van der Waals surface area contributed by atoms with Gasteiger partial charge in [-0.25, -0.2) is 0 Å². The van der Waals surface area contributed by atoms with Crippen LogP contribution in [0, 0.1) is 11.3 Å². The maximum atomic E-state index is 3.56. The predicted octanol–water partition coefficient (Wildman–Crippen LogP) is 3.67. The van der Waals surface area contributed by atoms with Crippen LogP contribution >= 0.6 is 0 Å². The van der Waals surface area contributed by atoms with Gasteiger partial charge in [0.1, 0.15) is 0 Å². The van der Waals surface area contributed by atoms with Crippen LogP contribution in [0.1, 0.15) is 65.2 Å². The van der Waals surface area contributed by atoms with E-state index in [0.717, 1.165) is 12.0 Å². The zero-order chi connectivity index (χ0) is 13.7. The predicted molar refractivity (Wildman–Crippen MR) is 83.5 cm³/mol. The molecule has 19 heavy (non-hydrogen) atoms. The molecule has 2 unspecified atom stereocenters. The highest BCUT2D eigenvalue weighted by Gasteiger charge is 2.33. The van der Waals surface area contributed by atoms with Crippen molar-refractivity contribution in [1.29, 1.82) is 0 Å². The molecule has 0 spiro atoms. The van der Waals surface area contributed by atoms with Gasteiger partial charge in [-0.3, -0.25) is 0 Å². The van der Waals surface area contributed by atoms with Gasteiger partial charge in [0.2, 0.25) is 0 Å². The molecule has 1 heterocycles. The monoisotopic (exact) mass is 266 g/mol. The zero-order valence-electron chi connectivity index (χ0n) is 13.4. The van der Waals surface area contributed by atoms with E-state index in [0.29, 0.717) is 5.41 Å². The first-order valence-electron chi connectivity index (χ1n) is 8.62. The van der Waals surface area contributed by atoms with Gasteiger partial charge in [-0.2, -0.15) is 0 Å². The van der Waals surface area contributed by atoms with Crippen LogP contribution in [0.4, 0.5) is 0 Å². The quantitative estimate of drug-likeness (QED) is 0.817. The summed E-state index contributed by atoms with van der Waals surface area (Å²) >= 11 is 0. The molecular weight excluding hydrogens is 232 g/mol. The van der Waals surface area contributed by atoms with Crippen LogP contribution in [0.2, 0.25) is 0 Å². The molecule has 0 amide bonds. The fourth-order valence-electron chi connectivity index (χ4n) is 4.30. The molecule has 2 fully saturated rings. The average Bonchev–Trinajstić information content (AvgIpc) is 2.49. The standard InChI is InChI=1S/C17H34N2/c1-4-17(5-2)10-12-19(13-11-17)14-15-8-6-7-9-16(15)18-3/h15-16,18H,4-14H2,1-3H3. The third-order valence-corrected chi connectivity index (χ3v) is 6.19. The highest BCUT2D eigenvalue weighted by Crippen LogP contribution is 2.38. The van der Waals surface area contributed by atoms with Crippen molar-refractivity contribution in [2.45, 2.75) is 71.3 Å². The Balaban J connectivity index is 1.81. The molecule has 1 saturated carbocycles. The second-order valence-corrected chi connectivity index (χ2v) is 6.95. The van der Waals surface area contributed by atoms with Gasteiger partial charge in [-0.15, -0.1) is 0 Å². The Morgan fingerprint density at radius 1 is 1.05 bits per heavy atom. The Morgan fingerprint density at radius 3 is 2.26 bits per heavy atom. The van der Waals surface area contributed by atoms with Gasteiger partial charge >= 0.3 is 0 Å². The highest BCUT2D eigenvalue weighted by molar-refractivity contribution is 4.87. The largest absolute Gasteiger partial charge is 0.317 e. The third kappa shape index (κ3) is 3.72. The third-order valence-electron chi connectivity index (χ3n) is 6.19. The topological polar surface area (TPSA) is 15.3 Å². The van der Waals surface area contributed by atoms with E-state index in [1.54, 1.807) is 0 Å². The second-order valence-electron chi connectivity index (χ2n) is 6.95. The molecule has 1 aliphatic heterocycles. The Kier molecular flexibility index (Phi) is 5.70. The molecule has 1 aliphatic carbocycles. The summed E-state index contributed by atoms with van der Waals surface area (Å²) in [6.45, 7) is 8.80. The highest BCUT2D eigenvalue weighted by atomic mass is 15.1. The minimum Gasteiger partial charge on any atom is -0.317 e. The maximum absolute atomic E-state index is 3.56. The van der Waals surface area contributed by atoms with Crippen molar-refractivity contribution in [3.63, 3.8) is 0 Å². The van der Waals surface area contributed by atoms with Gasteiger partial charge in [0.15, 0.2) is 0 Å². The van der Waals surface area contributed by atoms with E-state index in [-0.39, 0.29) is 0 Å². The lowest BCUT2D eigenvalue weighted by Crippen LogP contribution is -2.46. The minimum absolute atomic E-state index is 0.672. The first-order valence-corrected chi connectivity index (χ1v) is 8.62. The molecule has 1 N–H and O–H groups in total. The lowest BCUT2D eigenvalue weighted by Gasteiger charge is -2.43. The van der Waals surface area contributed by atoms with Crippen LogP contribution in [0.15, 0.2) is 0 Å². The van der Waals surface area contributed by atoms with Gasteiger partial charge in [0.05, 0.1) is 0 Å². The summed E-state index contributed by atoms with van der Waals surface area (Å²) in [5.74, 6) is 0.898. The molecule has 0 aromatic carbocycles. The zero-order valence-corrected chi connectivity index (χ0v) is 13.4. The number of rotatable bonds is 5. The molecule has 2 rings (SSSR count). The van der Waals surface area contributed by atoms with E-state index < -0.39 is 0 Å².